The topological polar surface area (TPSA) is 77.4 Å². The van der Waals surface area contributed by atoms with Crippen molar-refractivity contribution in [3.05, 3.63) is 48.6 Å². The van der Waals surface area contributed by atoms with Gasteiger partial charge in [0.05, 0.1) is 30.8 Å². The lowest BCUT2D eigenvalue weighted by Gasteiger charge is -2.55. The Morgan fingerprint density at radius 1 is 1.12 bits per heavy atom. The summed E-state index contributed by atoms with van der Waals surface area (Å²) in [5.74, 6) is -2.56. The lowest BCUT2D eigenvalue weighted by Crippen LogP contribution is -2.63. The number of ether oxygens (including phenoxy) is 3. The third kappa shape index (κ3) is 7.00. The van der Waals surface area contributed by atoms with E-state index in [1.54, 1.807) is 13.0 Å². The number of rotatable bonds is 8. The standard InChI is InChI=1S/C27H44O6Si/c1-8-22-16-25(5,28)19-27(31-22)20-26(29,33-34(6,7)24(2,3)4)17-23(32-27)14-15-30-18-21-12-10-9-11-13-21/h8-13,22-23,28-29H,1,14-20H2,2-7H3/t22-,23-,25-,26+,27-/m0/s1. The highest BCUT2D eigenvalue weighted by Crippen LogP contribution is 2.49. The molecule has 0 radical (unpaired) electrons. The molecule has 2 heterocycles. The van der Waals surface area contributed by atoms with Crippen LogP contribution in [0.1, 0.15) is 65.4 Å². The Morgan fingerprint density at radius 2 is 1.79 bits per heavy atom. The summed E-state index contributed by atoms with van der Waals surface area (Å²) < 4.78 is 25.3. The molecule has 5 atom stereocenters. The minimum absolute atomic E-state index is 0.0644. The molecular formula is C27H44O6Si. The van der Waals surface area contributed by atoms with Crippen LogP contribution in [0.2, 0.25) is 18.1 Å². The summed E-state index contributed by atoms with van der Waals surface area (Å²) in [6, 6.07) is 10.0. The van der Waals surface area contributed by atoms with Gasteiger partial charge in [0.1, 0.15) is 0 Å². The fourth-order valence-electron chi connectivity index (χ4n) is 4.83. The van der Waals surface area contributed by atoms with Gasteiger partial charge in [0.2, 0.25) is 0 Å². The van der Waals surface area contributed by atoms with E-state index in [0.717, 1.165) is 5.56 Å². The highest BCUT2D eigenvalue weighted by Gasteiger charge is 2.58. The first-order chi connectivity index (χ1) is 15.7. The summed E-state index contributed by atoms with van der Waals surface area (Å²) in [6.07, 6.45) is 2.76. The van der Waals surface area contributed by atoms with Gasteiger partial charge >= 0.3 is 0 Å². The fourth-order valence-corrected chi connectivity index (χ4v) is 6.24. The maximum atomic E-state index is 11.8. The molecule has 1 spiro atoms. The van der Waals surface area contributed by atoms with Crippen molar-refractivity contribution in [3.8, 4) is 0 Å². The van der Waals surface area contributed by atoms with Crippen molar-refractivity contribution < 1.29 is 28.8 Å². The molecule has 0 aromatic heterocycles. The van der Waals surface area contributed by atoms with Crippen LogP contribution in [0.15, 0.2) is 43.0 Å². The predicted octanol–water partition coefficient (Wildman–Crippen LogP) is 5.30. The second kappa shape index (κ2) is 10.1. The van der Waals surface area contributed by atoms with E-state index >= 15 is 0 Å². The van der Waals surface area contributed by atoms with Crippen LogP contribution >= 0.6 is 0 Å². The maximum absolute atomic E-state index is 11.8. The molecule has 0 saturated carbocycles. The molecule has 2 saturated heterocycles. The summed E-state index contributed by atoms with van der Waals surface area (Å²) in [4.78, 5) is 0. The highest BCUT2D eigenvalue weighted by molar-refractivity contribution is 6.74. The van der Waals surface area contributed by atoms with Crippen molar-refractivity contribution in [2.45, 2.75) is 114 Å². The minimum atomic E-state index is -2.29. The molecule has 2 N–H and O–H groups in total. The maximum Gasteiger partial charge on any atom is 0.195 e. The predicted molar refractivity (Wildman–Crippen MR) is 136 cm³/mol. The van der Waals surface area contributed by atoms with Crippen LogP contribution in [0.3, 0.4) is 0 Å². The minimum Gasteiger partial charge on any atom is -0.390 e. The first-order valence-electron chi connectivity index (χ1n) is 12.4. The van der Waals surface area contributed by atoms with E-state index in [4.69, 9.17) is 18.6 Å². The van der Waals surface area contributed by atoms with Crippen LogP contribution in [-0.2, 0) is 25.2 Å². The van der Waals surface area contributed by atoms with Gasteiger partial charge in [-0.25, -0.2) is 0 Å². The van der Waals surface area contributed by atoms with E-state index < -0.39 is 25.5 Å². The smallest absolute Gasteiger partial charge is 0.195 e. The summed E-state index contributed by atoms with van der Waals surface area (Å²) in [7, 11) is -2.29. The van der Waals surface area contributed by atoms with Crippen molar-refractivity contribution >= 4 is 8.32 Å². The summed E-state index contributed by atoms with van der Waals surface area (Å²) in [5.41, 5.74) is 0.113. The average Bonchev–Trinajstić information content (AvgIpc) is 2.68. The third-order valence-corrected chi connectivity index (χ3v) is 11.8. The van der Waals surface area contributed by atoms with Crippen molar-refractivity contribution in [2.75, 3.05) is 6.61 Å². The molecule has 0 bridgehead atoms. The Balaban J connectivity index is 1.78. The molecule has 34 heavy (non-hydrogen) atoms. The van der Waals surface area contributed by atoms with Crippen LogP contribution in [0.25, 0.3) is 0 Å². The molecule has 1 aromatic rings. The van der Waals surface area contributed by atoms with Gasteiger partial charge in [-0.3, -0.25) is 0 Å². The zero-order valence-corrected chi connectivity index (χ0v) is 22.8. The molecule has 0 amide bonds. The number of aliphatic hydroxyl groups is 2. The van der Waals surface area contributed by atoms with Gasteiger partial charge in [0, 0.05) is 25.9 Å². The highest BCUT2D eigenvalue weighted by atomic mass is 28.4. The van der Waals surface area contributed by atoms with Gasteiger partial charge in [-0.1, -0.05) is 57.2 Å². The molecule has 192 valence electrons. The molecule has 6 nitrogen and oxygen atoms in total. The molecular weight excluding hydrogens is 448 g/mol. The molecule has 2 fully saturated rings. The average molecular weight is 493 g/mol. The zero-order valence-electron chi connectivity index (χ0n) is 21.8. The first-order valence-corrected chi connectivity index (χ1v) is 15.3. The van der Waals surface area contributed by atoms with Crippen LogP contribution in [0.4, 0.5) is 0 Å². The van der Waals surface area contributed by atoms with Gasteiger partial charge in [-0.15, -0.1) is 6.58 Å². The Morgan fingerprint density at radius 3 is 2.41 bits per heavy atom. The Labute approximate surface area is 206 Å². The Kier molecular flexibility index (Phi) is 8.20. The van der Waals surface area contributed by atoms with Crippen molar-refractivity contribution in [1.82, 2.24) is 0 Å². The Bertz CT molecular complexity index is 820. The van der Waals surface area contributed by atoms with E-state index in [1.165, 1.54) is 0 Å². The molecule has 7 heteroatoms. The lowest BCUT2D eigenvalue weighted by atomic mass is 9.81. The van der Waals surface area contributed by atoms with Gasteiger partial charge in [-0.2, -0.15) is 0 Å². The number of hydrogen-bond donors (Lipinski definition) is 2. The largest absolute Gasteiger partial charge is 0.390 e. The van der Waals surface area contributed by atoms with E-state index in [1.807, 2.05) is 30.3 Å². The first kappa shape index (κ1) is 27.5. The van der Waals surface area contributed by atoms with Crippen molar-refractivity contribution in [2.24, 2.45) is 0 Å². The van der Waals surface area contributed by atoms with Gasteiger partial charge in [-0.05, 0) is 37.0 Å². The van der Waals surface area contributed by atoms with Crippen LogP contribution < -0.4 is 0 Å². The SMILES string of the molecule is C=C[C@H]1C[C@](C)(O)C[C@]2(C[C@](O)(O[Si](C)(C)C(C)(C)C)C[C@H](CCOCc3ccccc3)O2)O1. The van der Waals surface area contributed by atoms with Gasteiger partial charge < -0.3 is 28.8 Å². The van der Waals surface area contributed by atoms with Crippen molar-refractivity contribution in [3.63, 3.8) is 0 Å². The summed E-state index contributed by atoms with van der Waals surface area (Å²) in [5, 5.41) is 22.8. The van der Waals surface area contributed by atoms with Crippen LogP contribution in [-0.4, -0.2) is 54.5 Å². The summed E-state index contributed by atoms with van der Waals surface area (Å²) in [6.45, 7) is 17.4. The zero-order chi connectivity index (χ0) is 25.3. The Hall–Kier alpha value is -1.06. The molecule has 1 aromatic carbocycles. The summed E-state index contributed by atoms with van der Waals surface area (Å²) >= 11 is 0. The van der Waals surface area contributed by atoms with Crippen LogP contribution in [0, 0.1) is 0 Å². The fraction of sp³-hybridized carbons (Fsp3) is 0.704. The van der Waals surface area contributed by atoms with Gasteiger partial charge in [0.15, 0.2) is 19.9 Å². The second-order valence-corrected chi connectivity index (χ2v) is 16.7. The van der Waals surface area contributed by atoms with E-state index in [0.29, 0.717) is 32.5 Å². The second-order valence-electron chi connectivity index (χ2n) is 11.9. The lowest BCUT2D eigenvalue weighted by molar-refractivity contribution is -0.379. The molecule has 2 aliphatic rings. The quantitative estimate of drug-likeness (QED) is 0.222. The van der Waals surface area contributed by atoms with Crippen molar-refractivity contribution in [1.29, 1.82) is 0 Å². The molecule has 0 unspecified atom stereocenters. The van der Waals surface area contributed by atoms with E-state index in [9.17, 15) is 10.2 Å². The normalized spacial score (nSPS) is 34.8. The molecule has 2 aliphatic heterocycles. The third-order valence-electron chi connectivity index (χ3n) is 7.34. The number of benzene rings is 1. The number of hydrogen-bond acceptors (Lipinski definition) is 6. The van der Waals surface area contributed by atoms with E-state index in [-0.39, 0.29) is 30.1 Å². The van der Waals surface area contributed by atoms with Gasteiger partial charge in [0.25, 0.3) is 0 Å². The monoisotopic (exact) mass is 492 g/mol. The molecule has 0 aliphatic carbocycles. The van der Waals surface area contributed by atoms with Crippen LogP contribution in [0.5, 0.6) is 0 Å². The molecule has 3 rings (SSSR count). The van der Waals surface area contributed by atoms with E-state index in [2.05, 4.69) is 40.4 Å².